The van der Waals surface area contributed by atoms with E-state index in [1.54, 1.807) is 0 Å². The Morgan fingerprint density at radius 2 is 1.89 bits per heavy atom. The third kappa shape index (κ3) is 6.05. The maximum absolute atomic E-state index is 11.7. The summed E-state index contributed by atoms with van der Waals surface area (Å²) in [6.45, 7) is 5.95. The van der Waals surface area contributed by atoms with Crippen LogP contribution in [0.15, 0.2) is 30.3 Å². The van der Waals surface area contributed by atoms with Crippen molar-refractivity contribution in [1.82, 2.24) is 15.5 Å². The van der Waals surface area contributed by atoms with Crippen LogP contribution in [-0.4, -0.2) is 50.1 Å². The first-order valence-corrected chi connectivity index (χ1v) is 6.58. The maximum atomic E-state index is 11.7. The summed E-state index contributed by atoms with van der Waals surface area (Å²) in [4.78, 5) is 14.1. The van der Waals surface area contributed by atoms with Crippen LogP contribution in [0.25, 0.3) is 0 Å². The quantitative estimate of drug-likeness (QED) is 0.835. The van der Waals surface area contributed by atoms with E-state index >= 15 is 0 Å². The number of carbonyl (C=O) groups is 1. The van der Waals surface area contributed by atoms with E-state index in [9.17, 15) is 4.79 Å². The number of rotatable bonds is 5. The van der Waals surface area contributed by atoms with Crippen LogP contribution in [0.4, 0.5) is 0 Å². The van der Waals surface area contributed by atoms with Crippen LogP contribution < -0.4 is 10.6 Å². The van der Waals surface area contributed by atoms with Gasteiger partial charge in [0.2, 0.25) is 5.91 Å². The van der Waals surface area contributed by atoms with E-state index in [2.05, 4.69) is 15.5 Å². The number of hydrogen-bond donors (Lipinski definition) is 2. The minimum absolute atomic E-state index is 0. The van der Waals surface area contributed by atoms with Crippen LogP contribution in [0.5, 0.6) is 0 Å². The molecule has 4 nitrogen and oxygen atoms in total. The average molecular weight is 284 g/mol. The molecule has 1 saturated heterocycles. The van der Waals surface area contributed by atoms with Gasteiger partial charge in [-0.05, 0) is 5.56 Å². The molecule has 106 valence electrons. The zero-order valence-electron chi connectivity index (χ0n) is 11.1. The molecule has 1 aliphatic heterocycles. The Kier molecular flexibility index (Phi) is 7.48. The molecule has 0 unspecified atom stereocenters. The van der Waals surface area contributed by atoms with Gasteiger partial charge in [-0.25, -0.2) is 0 Å². The van der Waals surface area contributed by atoms with Gasteiger partial charge >= 0.3 is 0 Å². The third-order valence-electron chi connectivity index (χ3n) is 3.17. The van der Waals surface area contributed by atoms with E-state index in [1.165, 1.54) is 0 Å². The van der Waals surface area contributed by atoms with Crippen molar-refractivity contribution in [2.75, 3.05) is 39.3 Å². The molecule has 0 aliphatic carbocycles. The van der Waals surface area contributed by atoms with Gasteiger partial charge in [0.05, 0.1) is 6.42 Å². The molecule has 0 atom stereocenters. The van der Waals surface area contributed by atoms with Crippen molar-refractivity contribution in [3.05, 3.63) is 35.9 Å². The fraction of sp³-hybridized carbons (Fsp3) is 0.500. The van der Waals surface area contributed by atoms with Crippen LogP contribution in [0.1, 0.15) is 5.56 Å². The smallest absolute Gasteiger partial charge is 0.224 e. The lowest BCUT2D eigenvalue weighted by molar-refractivity contribution is -0.120. The Balaban J connectivity index is 0.00000180. The molecule has 1 fully saturated rings. The molecule has 19 heavy (non-hydrogen) atoms. The first kappa shape index (κ1) is 16.0. The molecule has 1 aliphatic rings. The molecule has 2 rings (SSSR count). The number of piperazine rings is 1. The molecule has 5 heteroatoms. The van der Waals surface area contributed by atoms with Crippen LogP contribution in [-0.2, 0) is 11.2 Å². The van der Waals surface area contributed by atoms with Crippen LogP contribution >= 0.6 is 12.4 Å². The number of amides is 1. The molecule has 2 N–H and O–H groups in total. The highest BCUT2D eigenvalue weighted by Crippen LogP contribution is 1.99. The van der Waals surface area contributed by atoms with Gasteiger partial charge in [0.15, 0.2) is 0 Å². The number of carbonyl (C=O) groups excluding carboxylic acids is 1. The van der Waals surface area contributed by atoms with Crippen molar-refractivity contribution in [3.8, 4) is 0 Å². The topological polar surface area (TPSA) is 44.4 Å². The highest BCUT2D eigenvalue weighted by Gasteiger charge is 2.09. The zero-order valence-corrected chi connectivity index (χ0v) is 11.9. The first-order valence-electron chi connectivity index (χ1n) is 6.58. The molecular formula is C14H22ClN3O. The summed E-state index contributed by atoms with van der Waals surface area (Å²) in [5, 5.41) is 6.29. The van der Waals surface area contributed by atoms with Gasteiger partial charge in [-0.15, -0.1) is 12.4 Å². The lowest BCUT2D eigenvalue weighted by Gasteiger charge is -2.27. The SMILES string of the molecule is Cl.O=C(Cc1ccccc1)NCCN1CCNCC1. The number of nitrogens with one attached hydrogen (secondary N) is 2. The monoisotopic (exact) mass is 283 g/mol. The minimum atomic E-state index is 0. The normalized spacial score (nSPS) is 15.6. The largest absolute Gasteiger partial charge is 0.355 e. The van der Waals surface area contributed by atoms with Crippen molar-refractivity contribution in [1.29, 1.82) is 0 Å². The zero-order chi connectivity index (χ0) is 12.6. The maximum Gasteiger partial charge on any atom is 0.224 e. The number of hydrogen-bond acceptors (Lipinski definition) is 3. The van der Waals surface area contributed by atoms with E-state index in [4.69, 9.17) is 0 Å². The summed E-state index contributed by atoms with van der Waals surface area (Å²) in [6.07, 6.45) is 0.475. The van der Waals surface area contributed by atoms with Crippen LogP contribution in [0.2, 0.25) is 0 Å². The molecule has 0 aromatic heterocycles. The number of halogens is 1. The third-order valence-corrected chi connectivity index (χ3v) is 3.17. The molecule has 0 bridgehead atoms. The second-order valence-electron chi connectivity index (χ2n) is 4.60. The lowest BCUT2D eigenvalue weighted by Crippen LogP contribution is -2.46. The summed E-state index contributed by atoms with van der Waals surface area (Å²) in [6, 6.07) is 9.85. The van der Waals surface area contributed by atoms with Crippen molar-refractivity contribution >= 4 is 18.3 Å². The van der Waals surface area contributed by atoms with Crippen molar-refractivity contribution in [3.63, 3.8) is 0 Å². The first-order chi connectivity index (χ1) is 8.84. The number of nitrogens with zero attached hydrogens (tertiary/aromatic N) is 1. The van der Waals surface area contributed by atoms with Crippen molar-refractivity contribution in [2.24, 2.45) is 0 Å². The highest BCUT2D eigenvalue weighted by atomic mass is 35.5. The molecule has 1 amide bonds. The van der Waals surface area contributed by atoms with E-state index in [0.717, 1.165) is 44.8 Å². The Labute approximate surface area is 121 Å². The van der Waals surface area contributed by atoms with E-state index < -0.39 is 0 Å². The van der Waals surface area contributed by atoms with E-state index in [1.807, 2.05) is 30.3 Å². The molecule has 0 radical (unpaired) electrons. The molecule has 0 spiro atoms. The van der Waals surface area contributed by atoms with Gasteiger partial charge in [0, 0.05) is 39.3 Å². The van der Waals surface area contributed by atoms with Gasteiger partial charge < -0.3 is 10.6 Å². The van der Waals surface area contributed by atoms with Gasteiger partial charge in [-0.1, -0.05) is 30.3 Å². The molecule has 1 aromatic carbocycles. The van der Waals surface area contributed by atoms with Gasteiger partial charge in [-0.3, -0.25) is 9.69 Å². The van der Waals surface area contributed by atoms with Crippen molar-refractivity contribution < 1.29 is 4.79 Å². The Morgan fingerprint density at radius 3 is 2.58 bits per heavy atom. The van der Waals surface area contributed by atoms with Crippen LogP contribution in [0, 0.1) is 0 Å². The van der Waals surface area contributed by atoms with E-state index in [0.29, 0.717) is 6.42 Å². The van der Waals surface area contributed by atoms with Crippen LogP contribution in [0.3, 0.4) is 0 Å². The Hall–Kier alpha value is -1.10. The predicted molar refractivity (Wildman–Crippen MR) is 79.7 cm³/mol. The molecule has 0 saturated carbocycles. The fourth-order valence-electron chi connectivity index (χ4n) is 2.13. The molecular weight excluding hydrogens is 262 g/mol. The van der Waals surface area contributed by atoms with Gasteiger partial charge in [-0.2, -0.15) is 0 Å². The summed E-state index contributed by atoms with van der Waals surface area (Å²) in [7, 11) is 0. The van der Waals surface area contributed by atoms with Gasteiger partial charge in [0.25, 0.3) is 0 Å². The standard InChI is InChI=1S/C14H21N3O.ClH/c18-14(12-13-4-2-1-3-5-13)16-8-11-17-9-6-15-7-10-17;/h1-5,15H,6-12H2,(H,16,18);1H. The predicted octanol–water partition coefficient (Wildman–Crippen LogP) is 0.672. The second kappa shape index (κ2) is 8.91. The minimum Gasteiger partial charge on any atom is -0.355 e. The summed E-state index contributed by atoms with van der Waals surface area (Å²) >= 11 is 0. The average Bonchev–Trinajstić information content (AvgIpc) is 2.41. The second-order valence-corrected chi connectivity index (χ2v) is 4.60. The molecule has 1 aromatic rings. The molecule has 1 heterocycles. The fourth-order valence-corrected chi connectivity index (χ4v) is 2.13. The highest BCUT2D eigenvalue weighted by molar-refractivity contribution is 5.85. The Bertz CT molecular complexity index is 366. The van der Waals surface area contributed by atoms with E-state index in [-0.39, 0.29) is 18.3 Å². The van der Waals surface area contributed by atoms with Crippen molar-refractivity contribution in [2.45, 2.75) is 6.42 Å². The summed E-state index contributed by atoms with van der Waals surface area (Å²) in [5.74, 6) is 0.108. The summed E-state index contributed by atoms with van der Waals surface area (Å²) in [5.41, 5.74) is 1.07. The van der Waals surface area contributed by atoms with Gasteiger partial charge in [0.1, 0.15) is 0 Å². The lowest BCUT2D eigenvalue weighted by atomic mass is 10.1. The summed E-state index contributed by atoms with van der Waals surface area (Å²) < 4.78 is 0. The number of benzene rings is 1. The Morgan fingerprint density at radius 1 is 1.21 bits per heavy atom.